The molecule has 162 valence electrons. The Balaban J connectivity index is 1.66. The van der Waals surface area contributed by atoms with Crippen LogP contribution in [0.5, 0.6) is 0 Å². The quantitative estimate of drug-likeness (QED) is 0.659. The smallest absolute Gasteiger partial charge is 0.257 e. The van der Waals surface area contributed by atoms with Crippen LogP contribution in [0.2, 0.25) is 0 Å². The van der Waals surface area contributed by atoms with Crippen LogP contribution in [-0.4, -0.2) is 59.1 Å². The number of rotatable bonds is 7. The van der Waals surface area contributed by atoms with Crippen LogP contribution in [0.3, 0.4) is 0 Å². The summed E-state index contributed by atoms with van der Waals surface area (Å²) in [6, 6.07) is 1.09. The van der Waals surface area contributed by atoms with Gasteiger partial charge in [0.25, 0.3) is 5.91 Å². The van der Waals surface area contributed by atoms with Crippen LogP contribution in [0.1, 0.15) is 55.8 Å². The summed E-state index contributed by atoms with van der Waals surface area (Å²) in [6.45, 7) is 6.32. The summed E-state index contributed by atoms with van der Waals surface area (Å²) in [7, 11) is 0. The molecule has 0 radical (unpaired) electrons. The Hall–Kier alpha value is -1.25. The van der Waals surface area contributed by atoms with Gasteiger partial charge in [0.15, 0.2) is 0 Å². The van der Waals surface area contributed by atoms with E-state index in [-0.39, 0.29) is 5.54 Å². The molecule has 0 unspecified atom stereocenters. The maximum Gasteiger partial charge on any atom is 0.257 e. The highest BCUT2D eigenvalue weighted by Gasteiger charge is 2.39. The van der Waals surface area contributed by atoms with Crippen LogP contribution in [0.4, 0.5) is 13.2 Å². The number of hydrogen-bond donors (Lipinski definition) is 1. The van der Waals surface area contributed by atoms with Gasteiger partial charge in [-0.3, -0.25) is 9.69 Å². The highest BCUT2D eigenvalue weighted by molar-refractivity contribution is 7.97. The molecule has 1 aromatic rings. The van der Waals surface area contributed by atoms with E-state index in [9.17, 15) is 18.0 Å². The van der Waals surface area contributed by atoms with Crippen molar-refractivity contribution < 1.29 is 18.0 Å². The molecule has 3 rings (SSSR count). The summed E-state index contributed by atoms with van der Waals surface area (Å²) >= 11 is 1.89. The first-order chi connectivity index (χ1) is 13.9. The van der Waals surface area contributed by atoms with Crippen LogP contribution in [0, 0.1) is 17.5 Å². The summed E-state index contributed by atoms with van der Waals surface area (Å²) in [4.78, 5) is 14.9. The van der Waals surface area contributed by atoms with Gasteiger partial charge in [-0.25, -0.2) is 17.5 Å². The summed E-state index contributed by atoms with van der Waals surface area (Å²) in [5, 5.41) is 2.75. The molecule has 0 aromatic heterocycles. The van der Waals surface area contributed by atoms with Crippen molar-refractivity contribution in [3.63, 3.8) is 0 Å². The molecule has 1 amide bonds. The van der Waals surface area contributed by atoms with E-state index in [0.29, 0.717) is 18.7 Å². The monoisotopic (exact) mass is 429 g/mol. The number of carbonyl (C=O) groups is 1. The highest BCUT2D eigenvalue weighted by Crippen LogP contribution is 2.34. The molecular weight excluding hydrogens is 399 g/mol. The minimum atomic E-state index is -1.17. The van der Waals surface area contributed by atoms with Gasteiger partial charge in [0.2, 0.25) is 0 Å². The molecule has 0 bridgehead atoms. The zero-order valence-corrected chi connectivity index (χ0v) is 17.8. The van der Waals surface area contributed by atoms with Crippen molar-refractivity contribution in [1.29, 1.82) is 0 Å². The Morgan fingerprint density at radius 2 is 1.69 bits per heavy atom. The van der Waals surface area contributed by atoms with Gasteiger partial charge in [-0.1, -0.05) is 38.1 Å². The summed E-state index contributed by atoms with van der Waals surface area (Å²) in [6.07, 6.45) is 6.41. The Labute approximate surface area is 175 Å². The minimum Gasteiger partial charge on any atom is -0.350 e. The van der Waals surface area contributed by atoms with Gasteiger partial charge in [-0.05, 0) is 19.3 Å². The van der Waals surface area contributed by atoms with Crippen molar-refractivity contribution in [3.05, 3.63) is 35.1 Å². The van der Waals surface area contributed by atoms with E-state index in [1.165, 1.54) is 6.42 Å². The van der Waals surface area contributed by atoms with Crippen molar-refractivity contribution >= 4 is 17.9 Å². The number of amides is 1. The molecule has 2 fully saturated rings. The Morgan fingerprint density at radius 1 is 1.07 bits per heavy atom. The average molecular weight is 430 g/mol. The number of nitrogens with one attached hydrogen (secondary N) is 1. The zero-order chi connectivity index (χ0) is 20.9. The maximum atomic E-state index is 14.0. The molecule has 1 N–H and O–H groups in total. The van der Waals surface area contributed by atoms with Crippen molar-refractivity contribution in [3.8, 4) is 0 Å². The largest absolute Gasteiger partial charge is 0.350 e. The standard InChI is InChI=1S/C21H30F3N3OS/c1-2-12-29-27-10-8-26(9-11-27)21(6-4-3-5-7-21)15-25-20(28)19-17(23)13-16(22)14-18(19)24/h13-14H,2-12,15H2,1H3,(H,25,28). The molecular formula is C21H30F3N3OS. The second-order valence-electron chi connectivity index (χ2n) is 7.96. The SMILES string of the molecule is CCCSN1CCN(C2(CNC(=O)c3c(F)cc(F)cc3F)CCCCC2)CC1. The summed E-state index contributed by atoms with van der Waals surface area (Å²) in [5.74, 6) is -3.06. The predicted molar refractivity (Wildman–Crippen MR) is 110 cm³/mol. The molecule has 1 heterocycles. The summed E-state index contributed by atoms with van der Waals surface area (Å²) in [5.41, 5.74) is -0.888. The van der Waals surface area contributed by atoms with Crippen molar-refractivity contribution in [2.24, 2.45) is 0 Å². The molecule has 0 atom stereocenters. The fourth-order valence-electron chi connectivity index (χ4n) is 4.42. The number of nitrogens with zero attached hydrogens (tertiary/aromatic N) is 2. The Bertz CT molecular complexity index is 681. The van der Waals surface area contributed by atoms with Gasteiger partial charge in [0.05, 0.1) is 0 Å². The average Bonchev–Trinajstić information content (AvgIpc) is 2.71. The van der Waals surface area contributed by atoms with E-state index < -0.39 is 28.9 Å². The van der Waals surface area contributed by atoms with Gasteiger partial charge in [-0.15, -0.1) is 0 Å². The number of benzene rings is 1. The van der Waals surface area contributed by atoms with E-state index in [4.69, 9.17) is 0 Å². The van der Waals surface area contributed by atoms with Crippen molar-refractivity contribution in [2.75, 3.05) is 38.5 Å². The van der Waals surface area contributed by atoms with Crippen LogP contribution in [0.25, 0.3) is 0 Å². The molecule has 1 saturated carbocycles. The maximum absolute atomic E-state index is 14.0. The molecule has 29 heavy (non-hydrogen) atoms. The molecule has 2 aliphatic rings. The van der Waals surface area contributed by atoms with E-state index in [2.05, 4.69) is 21.4 Å². The number of halogens is 3. The van der Waals surface area contributed by atoms with Crippen LogP contribution >= 0.6 is 11.9 Å². The second kappa shape index (κ2) is 10.2. The van der Waals surface area contributed by atoms with Crippen LogP contribution in [0.15, 0.2) is 12.1 Å². The topological polar surface area (TPSA) is 35.6 Å². The molecule has 4 nitrogen and oxygen atoms in total. The third-order valence-corrected chi connectivity index (χ3v) is 7.30. The Morgan fingerprint density at radius 3 is 2.28 bits per heavy atom. The van der Waals surface area contributed by atoms with Crippen LogP contribution in [-0.2, 0) is 0 Å². The lowest BCUT2D eigenvalue weighted by Gasteiger charge is -2.49. The molecule has 1 aromatic carbocycles. The minimum absolute atomic E-state index is 0.178. The number of carbonyl (C=O) groups excluding carboxylic acids is 1. The third kappa shape index (κ3) is 5.47. The lowest BCUT2D eigenvalue weighted by atomic mass is 9.79. The molecule has 0 spiro atoms. The first-order valence-electron chi connectivity index (χ1n) is 10.5. The molecule has 1 saturated heterocycles. The van der Waals surface area contributed by atoms with Gasteiger partial charge in [-0.2, -0.15) is 0 Å². The van der Waals surface area contributed by atoms with Crippen LogP contribution < -0.4 is 5.32 Å². The number of piperazine rings is 1. The molecule has 1 aliphatic carbocycles. The second-order valence-corrected chi connectivity index (χ2v) is 9.14. The first-order valence-corrected chi connectivity index (χ1v) is 11.4. The lowest BCUT2D eigenvalue weighted by molar-refractivity contribution is 0.0255. The van der Waals surface area contributed by atoms with Gasteiger partial charge >= 0.3 is 0 Å². The van der Waals surface area contributed by atoms with E-state index in [0.717, 1.165) is 64.0 Å². The predicted octanol–water partition coefficient (Wildman–Crippen LogP) is 4.21. The van der Waals surface area contributed by atoms with Gasteiger partial charge in [0, 0.05) is 56.1 Å². The fourth-order valence-corrected chi connectivity index (χ4v) is 5.28. The van der Waals surface area contributed by atoms with E-state index in [1.54, 1.807) is 0 Å². The third-order valence-electron chi connectivity index (χ3n) is 5.98. The summed E-state index contributed by atoms with van der Waals surface area (Å²) < 4.78 is 43.5. The fraction of sp³-hybridized carbons (Fsp3) is 0.667. The highest BCUT2D eigenvalue weighted by atomic mass is 32.2. The van der Waals surface area contributed by atoms with E-state index in [1.807, 2.05) is 11.9 Å². The zero-order valence-electron chi connectivity index (χ0n) is 17.0. The lowest BCUT2D eigenvalue weighted by Crippen LogP contribution is -2.61. The molecule has 8 heteroatoms. The first kappa shape index (κ1) is 22.4. The van der Waals surface area contributed by atoms with Gasteiger partial charge in [0.1, 0.15) is 23.0 Å². The van der Waals surface area contributed by atoms with E-state index >= 15 is 0 Å². The van der Waals surface area contributed by atoms with Gasteiger partial charge < -0.3 is 5.32 Å². The Kier molecular flexibility index (Phi) is 7.87. The van der Waals surface area contributed by atoms with Crippen molar-refractivity contribution in [1.82, 2.24) is 14.5 Å². The molecule has 1 aliphatic heterocycles. The van der Waals surface area contributed by atoms with Crippen molar-refractivity contribution in [2.45, 2.75) is 51.0 Å². The number of hydrogen-bond acceptors (Lipinski definition) is 4. The normalized spacial score (nSPS) is 20.6.